The van der Waals surface area contributed by atoms with Crippen molar-refractivity contribution in [1.82, 2.24) is 10.2 Å². The molecule has 41 heavy (non-hydrogen) atoms. The number of ether oxygens (including phenoxy) is 3. The van der Waals surface area contributed by atoms with E-state index in [9.17, 15) is 14.7 Å². The molecule has 2 amide bonds. The summed E-state index contributed by atoms with van der Waals surface area (Å²) in [6.45, 7) is 11.8. The van der Waals surface area contributed by atoms with Crippen LogP contribution in [-0.2, 0) is 11.3 Å². The molecule has 10 heteroatoms. The molecule has 0 bridgehead atoms. The van der Waals surface area contributed by atoms with Gasteiger partial charge in [0.15, 0.2) is 5.96 Å². The number of nitrogens with one attached hydrogen (secondary N) is 1. The van der Waals surface area contributed by atoms with Crippen molar-refractivity contribution in [3.05, 3.63) is 53.1 Å². The van der Waals surface area contributed by atoms with Gasteiger partial charge in [0.2, 0.25) is 5.91 Å². The monoisotopic (exact) mass is 568 g/mol. The molecular formula is C31H44N4O6. The third-order valence-electron chi connectivity index (χ3n) is 7.49. The number of nitrogens with two attached hydrogens (primary N) is 1. The summed E-state index contributed by atoms with van der Waals surface area (Å²) in [6, 6.07) is 9.47. The van der Waals surface area contributed by atoms with Gasteiger partial charge in [-0.2, -0.15) is 0 Å². The third kappa shape index (κ3) is 7.11. The molecule has 0 saturated carbocycles. The Balaban J connectivity index is 1.99. The van der Waals surface area contributed by atoms with Gasteiger partial charge in [0.05, 0.1) is 56.0 Å². The van der Waals surface area contributed by atoms with Gasteiger partial charge in [-0.15, -0.1) is 0 Å². The average Bonchev–Trinajstić information content (AvgIpc) is 2.93. The molecule has 3 rings (SSSR count). The van der Waals surface area contributed by atoms with Crippen LogP contribution in [0.5, 0.6) is 17.2 Å². The van der Waals surface area contributed by atoms with E-state index in [2.05, 4.69) is 10.3 Å². The number of methoxy groups -OCH3 is 1. The number of aliphatic imine (C=N–C) groups is 1. The minimum atomic E-state index is -1.37. The molecule has 0 fully saturated rings. The zero-order valence-electron chi connectivity index (χ0n) is 25.2. The van der Waals surface area contributed by atoms with Crippen LogP contribution in [0.25, 0.3) is 0 Å². The van der Waals surface area contributed by atoms with E-state index < -0.39 is 23.1 Å². The van der Waals surface area contributed by atoms with E-state index in [1.807, 2.05) is 27.7 Å². The fourth-order valence-electron chi connectivity index (χ4n) is 5.07. The molecule has 1 atom stereocenters. The summed E-state index contributed by atoms with van der Waals surface area (Å²) in [5, 5.41) is 14.1. The number of rotatable bonds is 13. The van der Waals surface area contributed by atoms with Crippen molar-refractivity contribution in [2.45, 2.75) is 84.5 Å². The van der Waals surface area contributed by atoms with E-state index >= 15 is 0 Å². The highest BCUT2D eigenvalue weighted by molar-refractivity contribution is 5.99. The Kier molecular flexibility index (Phi) is 10.3. The summed E-state index contributed by atoms with van der Waals surface area (Å²) in [4.78, 5) is 33.0. The van der Waals surface area contributed by atoms with Crippen molar-refractivity contribution >= 4 is 17.8 Å². The van der Waals surface area contributed by atoms with Gasteiger partial charge in [-0.05, 0) is 70.9 Å². The minimum Gasteiger partial charge on any atom is -0.496 e. The maximum Gasteiger partial charge on any atom is 0.251 e. The Labute approximate surface area is 242 Å². The summed E-state index contributed by atoms with van der Waals surface area (Å²) in [7, 11) is 1.53. The summed E-state index contributed by atoms with van der Waals surface area (Å²) in [5.41, 5.74) is 5.89. The van der Waals surface area contributed by atoms with Crippen LogP contribution in [0.1, 0.15) is 88.3 Å². The molecule has 224 valence electrons. The van der Waals surface area contributed by atoms with Gasteiger partial charge < -0.3 is 30.4 Å². The van der Waals surface area contributed by atoms with Crippen molar-refractivity contribution in [2.75, 3.05) is 20.3 Å². The predicted octanol–water partition coefficient (Wildman–Crippen LogP) is 4.34. The maximum atomic E-state index is 13.7. The summed E-state index contributed by atoms with van der Waals surface area (Å²) < 4.78 is 17.2. The van der Waals surface area contributed by atoms with Crippen LogP contribution >= 0.6 is 0 Å². The van der Waals surface area contributed by atoms with E-state index in [0.29, 0.717) is 60.0 Å². The summed E-state index contributed by atoms with van der Waals surface area (Å²) in [6.07, 6.45) is 1.69. The van der Waals surface area contributed by atoms with Gasteiger partial charge in [-0.25, -0.2) is 4.99 Å². The highest BCUT2D eigenvalue weighted by Crippen LogP contribution is 2.39. The lowest BCUT2D eigenvalue weighted by molar-refractivity contribution is -0.130. The van der Waals surface area contributed by atoms with E-state index in [1.165, 1.54) is 12.0 Å². The number of aliphatic hydroxyl groups is 1. The van der Waals surface area contributed by atoms with Crippen molar-refractivity contribution < 1.29 is 28.9 Å². The molecule has 1 aliphatic heterocycles. The highest BCUT2D eigenvalue weighted by atomic mass is 16.5. The number of hydrogen-bond acceptors (Lipinski definition) is 8. The van der Waals surface area contributed by atoms with Crippen LogP contribution in [0.2, 0.25) is 0 Å². The fourth-order valence-corrected chi connectivity index (χ4v) is 5.07. The van der Waals surface area contributed by atoms with Crippen molar-refractivity contribution in [3.8, 4) is 17.2 Å². The maximum absolute atomic E-state index is 13.7. The predicted molar refractivity (Wildman–Crippen MR) is 158 cm³/mol. The van der Waals surface area contributed by atoms with Gasteiger partial charge >= 0.3 is 0 Å². The van der Waals surface area contributed by atoms with E-state index in [1.54, 1.807) is 50.2 Å². The van der Waals surface area contributed by atoms with Crippen LogP contribution in [-0.4, -0.2) is 59.2 Å². The van der Waals surface area contributed by atoms with E-state index in [0.717, 1.165) is 0 Å². The first kappa shape index (κ1) is 31.7. The SMILES string of the molecule is CCOc1ccc(C(=O)NC(c2c(OC)cccc2OCC)C(C)(C)O)cc1CN1C(=O)CC(CC)(CC)N=C1N. The zero-order valence-corrected chi connectivity index (χ0v) is 25.2. The fraction of sp³-hybridized carbons (Fsp3) is 0.516. The van der Waals surface area contributed by atoms with Crippen LogP contribution in [0.3, 0.4) is 0 Å². The number of benzene rings is 2. The molecule has 0 saturated heterocycles. The lowest BCUT2D eigenvalue weighted by Gasteiger charge is -2.36. The quantitative estimate of drug-likeness (QED) is 0.327. The zero-order chi connectivity index (χ0) is 30.4. The number of amides is 2. The smallest absolute Gasteiger partial charge is 0.251 e. The summed E-state index contributed by atoms with van der Waals surface area (Å²) >= 11 is 0. The molecule has 0 aliphatic carbocycles. The van der Waals surface area contributed by atoms with E-state index in [4.69, 9.17) is 19.9 Å². The molecule has 1 heterocycles. The second-order valence-corrected chi connectivity index (χ2v) is 10.7. The lowest BCUT2D eigenvalue weighted by atomic mass is 9.88. The van der Waals surface area contributed by atoms with Gasteiger partial charge in [0.1, 0.15) is 17.2 Å². The average molecular weight is 569 g/mol. The standard InChI is InChI=1S/C31H44N4O6/c1-8-31(9-2)18-25(36)35(29(32)34-31)19-21-17-20(15-16-22(21)40-10-3)28(37)33-27(30(5,6)38)26-23(39-7)13-12-14-24(26)41-11-4/h12-17,27,38H,8-11,18-19H2,1-7H3,(H2,32,34)(H,33,37). The number of hydrogen-bond donors (Lipinski definition) is 3. The van der Waals surface area contributed by atoms with Crippen LogP contribution in [0.15, 0.2) is 41.4 Å². The van der Waals surface area contributed by atoms with Gasteiger partial charge in [0.25, 0.3) is 5.91 Å². The molecule has 1 unspecified atom stereocenters. The van der Waals surface area contributed by atoms with E-state index in [-0.39, 0.29) is 24.8 Å². The minimum absolute atomic E-state index is 0.101. The van der Waals surface area contributed by atoms with Crippen molar-refractivity contribution in [3.63, 3.8) is 0 Å². The normalized spacial score (nSPS) is 15.7. The molecule has 0 aromatic heterocycles. The molecular weight excluding hydrogens is 524 g/mol. The second kappa shape index (κ2) is 13.2. The molecule has 0 spiro atoms. The summed E-state index contributed by atoms with van der Waals surface area (Å²) in [5.74, 6) is 1.11. The molecule has 2 aromatic carbocycles. The highest BCUT2D eigenvalue weighted by Gasteiger charge is 2.38. The van der Waals surface area contributed by atoms with Crippen molar-refractivity contribution in [1.29, 1.82) is 0 Å². The number of carbonyl (C=O) groups excluding carboxylic acids is 2. The third-order valence-corrected chi connectivity index (χ3v) is 7.49. The lowest BCUT2D eigenvalue weighted by Crippen LogP contribution is -2.50. The topological polar surface area (TPSA) is 136 Å². The number of nitrogens with zero attached hydrogens (tertiary/aromatic N) is 2. The van der Waals surface area contributed by atoms with Crippen LogP contribution < -0.4 is 25.3 Å². The Bertz CT molecular complexity index is 1270. The van der Waals surface area contributed by atoms with Gasteiger partial charge in [0, 0.05) is 11.1 Å². The molecule has 4 N–H and O–H groups in total. The molecule has 10 nitrogen and oxygen atoms in total. The molecule has 1 aliphatic rings. The Morgan fingerprint density at radius 2 is 1.73 bits per heavy atom. The Hall–Kier alpha value is -3.79. The first-order valence-corrected chi connectivity index (χ1v) is 14.2. The van der Waals surface area contributed by atoms with Crippen molar-refractivity contribution in [2.24, 2.45) is 10.7 Å². The Morgan fingerprint density at radius 1 is 1.10 bits per heavy atom. The first-order valence-electron chi connectivity index (χ1n) is 14.2. The second-order valence-electron chi connectivity index (χ2n) is 10.7. The Morgan fingerprint density at radius 3 is 2.29 bits per heavy atom. The van der Waals surface area contributed by atoms with Crippen LogP contribution in [0, 0.1) is 0 Å². The number of guanidine groups is 1. The van der Waals surface area contributed by atoms with Crippen LogP contribution in [0.4, 0.5) is 0 Å². The largest absolute Gasteiger partial charge is 0.496 e. The van der Waals surface area contributed by atoms with Gasteiger partial charge in [-0.3, -0.25) is 14.5 Å². The first-order chi connectivity index (χ1) is 19.4. The molecule has 2 aromatic rings. The van der Waals surface area contributed by atoms with Gasteiger partial charge in [-0.1, -0.05) is 19.9 Å². The number of carbonyl (C=O) groups is 2. The molecule has 0 radical (unpaired) electrons.